The number of rotatable bonds is 3. The van der Waals surface area contributed by atoms with Crippen molar-refractivity contribution < 1.29 is 17.5 Å². The van der Waals surface area contributed by atoms with E-state index in [1.54, 1.807) is 42.1 Å². The van der Waals surface area contributed by atoms with Gasteiger partial charge >= 0.3 is 0 Å². The highest BCUT2D eigenvalue weighted by molar-refractivity contribution is 9.10. The minimum absolute atomic E-state index is 0.283. The van der Waals surface area contributed by atoms with E-state index in [1.165, 1.54) is 10.4 Å². The maximum atomic E-state index is 13.5. The molecule has 0 aliphatic carbocycles. The number of thioether (sulfide) groups is 1. The Bertz CT molecular complexity index is 935. The van der Waals surface area contributed by atoms with Crippen molar-refractivity contribution in [3.63, 3.8) is 0 Å². The summed E-state index contributed by atoms with van der Waals surface area (Å²) in [6.07, 6.45) is 0.724. The molecule has 0 unspecified atom stereocenters. The third-order valence-corrected chi connectivity index (χ3v) is 8.21. The number of hydrogen-bond acceptors (Lipinski definition) is 4. The van der Waals surface area contributed by atoms with Gasteiger partial charge in [-0.1, -0.05) is 6.07 Å². The molecule has 2 aliphatic rings. The number of halogens is 2. The third kappa shape index (κ3) is 3.09. The van der Waals surface area contributed by atoms with Gasteiger partial charge in [-0.05, 0) is 57.4 Å². The first-order valence-electron chi connectivity index (χ1n) is 7.81. The first-order valence-corrected chi connectivity index (χ1v) is 11.1. The summed E-state index contributed by atoms with van der Waals surface area (Å²) >= 11 is 4.72. The summed E-state index contributed by atoms with van der Waals surface area (Å²) in [6, 6.07) is 9.68. The van der Waals surface area contributed by atoms with Gasteiger partial charge in [-0.25, -0.2) is 12.8 Å². The van der Waals surface area contributed by atoms with E-state index in [-0.39, 0.29) is 16.1 Å². The van der Waals surface area contributed by atoms with Crippen molar-refractivity contribution >= 4 is 37.7 Å². The molecule has 0 saturated carbocycles. The maximum absolute atomic E-state index is 13.5. The molecule has 0 amide bonds. The topological polar surface area (TPSA) is 46.6 Å². The minimum Gasteiger partial charge on any atom is -0.493 e. The van der Waals surface area contributed by atoms with Crippen LogP contribution in [-0.2, 0) is 16.4 Å². The monoisotopic (exact) mass is 443 g/mol. The third-order valence-electron chi connectivity index (χ3n) is 4.35. The summed E-state index contributed by atoms with van der Waals surface area (Å²) in [5.41, 5.74) is 1.69. The highest BCUT2D eigenvalue weighted by atomic mass is 79.9. The van der Waals surface area contributed by atoms with E-state index in [2.05, 4.69) is 15.9 Å². The van der Waals surface area contributed by atoms with E-state index in [9.17, 15) is 12.8 Å². The second-order valence-corrected chi connectivity index (χ2v) is 9.81. The normalized spacial score (nSPS) is 20.5. The van der Waals surface area contributed by atoms with Crippen LogP contribution < -0.4 is 4.74 Å². The molecule has 2 aliphatic heterocycles. The summed E-state index contributed by atoms with van der Waals surface area (Å²) in [6.45, 7) is 1.02. The molecule has 25 heavy (non-hydrogen) atoms. The van der Waals surface area contributed by atoms with Gasteiger partial charge in [-0.15, -0.1) is 11.8 Å². The number of sulfonamides is 1. The fourth-order valence-electron chi connectivity index (χ4n) is 3.09. The molecule has 1 saturated heterocycles. The lowest BCUT2D eigenvalue weighted by molar-refractivity contribution is 0.356. The van der Waals surface area contributed by atoms with Crippen LogP contribution in [0.3, 0.4) is 0 Å². The van der Waals surface area contributed by atoms with Crippen molar-refractivity contribution in [1.82, 2.24) is 4.31 Å². The second kappa shape index (κ2) is 6.57. The zero-order valence-electron chi connectivity index (χ0n) is 13.1. The summed E-state index contributed by atoms with van der Waals surface area (Å²) in [5.74, 6) is 1.10. The summed E-state index contributed by atoms with van der Waals surface area (Å²) in [4.78, 5) is 0.283. The van der Waals surface area contributed by atoms with Crippen LogP contribution in [0.2, 0.25) is 0 Å². The molecule has 2 aromatic rings. The highest BCUT2D eigenvalue weighted by Crippen LogP contribution is 2.42. The molecule has 2 aromatic carbocycles. The Labute approximate surface area is 158 Å². The van der Waals surface area contributed by atoms with Crippen molar-refractivity contribution in [2.75, 3.05) is 18.9 Å². The van der Waals surface area contributed by atoms with Crippen LogP contribution in [0.15, 0.2) is 45.8 Å². The average molecular weight is 444 g/mol. The van der Waals surface area contributed by atoms with Crippen LogP contribution in [-0.4, -0.2) is 31.6 Å². The van der Waals surface area contributed by atoms with Gasteiger partial charge in [0.25, 0.3) is 0 Å². The molecule has 1 fully saturated rings. The van der Waals surface area contributed by atoms with Gasteiger partial charge in [0.1, 0.15) is 11.6 Å². The Morgan fingerprint density at radius 1 is 1.24 bits per heavy atom. The van der Waals surface area contributed by atoms with Crippen LogP contribution in [0.5, 0.6) is 5.75 Å². The molecule has 4 nitrogen and oxygen atoms in total. The largest absolute Gasteiger partial charge is 0.493 e. The van der Waals surface area contributed by atoms with E-state index in [0.29, 0.717) is 23.4 Å². The SMILES string of the molecule is O=S(=O)(c1ccc2c(c1)CCO2)N1CCS[C@@H]1c1ccc(F)c(Br)c1. The molecule has 8 heteroatoms. The quantitative estimate of drug-likeness (QED) is 0.719. The van der Waals surface area contributed by atoms with Crippen molar-refractivity contribution in [1.29, 1.82) is 0 Å². The molecule has 0 aromatic heterocycles. The fraction of sp³-hybridized carbons (Fsp3) is 0.294. The fourth-order valence-corrected chi connectivity index (χ4v) is 6.77. The summed E-state index contributed by atoms with van der Waals surface area (Å²) in [5, 5.41) is -0.355. The van der Waals surface area contributed by atoms with Gasteiger partial charge in [0.2, 0.25) is 10.0 Å². The minimum atomic E-state index is -3.63. The first-order chi connectivity index (χ1) is 12.0. The smallest absolute Gasteiger partial charge is 0.244 e. The second-order valence-electron chi connectivity index (χ2n) is 5.88. The number of hydrogen-bond donors (Lipinski definition) is 0. The Morgan fingerprint density at radius 3 is 2.88 bits per heavy atom. The molecular weight excluding hydrogens is 429 g/mol. The Balaban J connectivity index is 1.70. The summed E-state index contributed by atoms with van der Waals surface area (Å²) in [7, 11) is -3.63. The zero-order valence-corrected chi connectivity index (χ0v) is 16.3. The predicted octanol–water partition coefficient (Wildman–Crippen LogP) is 3.96. The Morgan fingerprint density at radius 2 is 2.08 bits per heavy atom. The molecule has 0 N–H and O–H groups in total. The van der Waals surface area contributed by atoms with Crippen molar-refractivity contribution in [3.05, 3.63) is 57.8 Å². The van der Waals surface area contributed by atoms with Crippen molar-refractivity contribution in [2.45, 2.75) is 16.7 Å². The molecule has 0 radical (unpaired) electrons. The molecule has 2 heterocycles. The van der Waals surface area contributed by atoms with Gasteiger partial charge in [0.15, 0.2) is 0 Å². The summed E-state index contributed by atoms with van der Waals surface area (Å²) < 4.78 is 47.1. The van der Waals surface area contributed by atoms with Crippen molar-refractivity contribution in [3.8, 4) is 5.75 Å². The van der Waals surface area contributed by atoms with Crippen LogP contribution >= 0.6 is 27.7 Å². The van der Waals surface area contributed by atoms with E-state index >= 15 is 0 Å². The van der Waals surface area contributed by atoms with E-state index in [1.807, 2.05) is 0 Å². The number of nitrogens with zero attached hydrogens (tertiary/aromatic N) is 1. The number of fused-ring (bicyclic) bond motifs is 1. The lowest BCUT2D eigenvalue weighted by atomic mass is 10.2. The van der Waals surface area contributed by atoms with Crippen LogP contribution in [0.4, 0.5) is 4.39 Å². The molecular formula is C17H15BrFNO3S2. The molecule has 0 bridgehead atoms. The maximum Gasteiger partial charge on any atom is 0.244 e. The highest BCUT2D eigenvalue weighted by Gasteiger charge is 2.37. The molecule has 4 rings (SSSR count). The number of benzene rings is 2. The van der Waals surface area contributed by atoms with Gasteiger partial charge in [0, 0.05) is 18.7 Å². The van der Waals surface area contributed by atoms with Gasteiger partial charge < -0.3 is 4.74 Å². The van der Waals surface area contributed by atoms with Gasteiger partial charge in [-0.2, -0.15) is 4.31 Å². The van der Waals surface area contributed by atoms with E-state index < -0.39 is 10.0 Å². The molecule has 0 spiro atoms. The zero-order chi connectivity index (χ0) is 17.6. The molecule has 132 valence electrons. The van der Waals surface area contributed by atoms with Crippen LogP contribution in [0, 0.1) is 5.82 Å². The Hall–Kier alpha value is -1.09. The Kier molecular flexibility index (Phi) is 4.56. The average Bonchev–Trinajstić information content (AvgIpc) is 3.25. The first kappa shape index (κ1) is 17.3. The van der Waals surface area contributed by atoms with Crippen LogP contribution in [0.1, 0.15) is 16.5 Å². The van der Waals surface area contributed by atoms with Gasteiger partial charge in [-0.3, -0.25) is 0 Å². The standard InChI is InChI=1S/C17H15BrFNO3S2/c18-14-10-12(1-3-15(14)19)17-20(6-8-24-17)25(21,22)13-2-4-16-11(9-13)5-7-23-16/h1-4,9-10,17H,5-8H2/t17-/m1/s1. The van der Waals surface area contributed by atoms with E-state index in [4.69, 9.17) is 4.74 Å². The lowest BCUT2D eigenvalue weighted by Gasteiger charge is -2.24. The molecule has 1 atom stereocenters. The number of ether oxygens (including phenoxy) is 1. The predicted molar refractivity (Wildman–Crippen MR) is 98.8 cm³/mol. The van der Waals surface area contributed by atoms with Crippen molar-refractivity contribution in [2.24, 2.45) is 0 Å². The van der Waals surface area contributed by atoms with Crippen LogP contribution in [0.25, 0.3) is 0 Å². The lowest BCUT2D eigenvalue weighted by Crippen LogP contribution is -2.30. The van der Waals surface area contributed by atoms with E-state index in [0.717, 1.165) is 23.3 Å². The van der Waals surface area contributed by atoms with Gasteiger partial charge in [0.05, 0.1) is 21.3 Å².